The molecular formula is C25H30N4O2. The summed E-state index contributed by atoms with van der Waals surface area (Å²) in [5.74, 6) is 0.778. The maximum Gasteiger partial charge on any atom is 0.315 e. The minimum Gasteiger partial charge on any atom is -0.496 e. The fourth-order valence-electron chi connectivity index (χ4n) is 4.33. The summed E-state index contributed by atoms with van der Waals surface area (Å²) in [6, 6.07) is 16.0. The first-order chi connectivity index (χ1) is 15.0. The predicted octanol–water partition coefficient (Wildman–Crippen LogP) is 4.69. The van der Waals surface area contributed by atoms with Crippen molar-refractivity contribution in [3.63, 3.8) is 0 Å². The zero-order valence-electron chi connectivity index (χ0n) is 18.4. The zero-order valence-corrected chi connectivity index (χ0v) is 18.4. The van der Waals surface area contributed by atoms with E-state index >= 15 is 0 Å². The summed E-state index contributed by atoms with van der Waals surface area (Å²) in [6.07, 6.45) is 4.84. The van der Waals surface area contributed by atoms with Crippen LogP contribution >= 0.6 is 0 Å². The Hall–Kier alpha value is -3.28. The summed E-state index contributed by atoms with van der Waals surface area (Å²) in [5, 5.41) is 10.8. The molecule has 1 aromatic heterocycles. The molecule has 4 rings (SSSR count). The van der Waals surface area contributed by atoms with Gasteiger partial charge < -0.3 is 15.4 Å². The van der Waals surface area contributed by atoms with Crippen molar-refractivity contribution in [2.75, 3.05) is 7.11 Å². The van der Waals surface area contributed by atoms with E-state index in [1.807, 2.05) is 50.4 Å². The lowest BCUT2D eigenvalue weighted by Crippen LogP contribution is -2.40. The average Bonchev–Trinajstić information content (AvgIpc) is 3.18. The van der Waals surface area contributed by atoms with Crippen LogP contribution in [0.1, 0.15) is 59.8 Å². The molecule has 31 heavy (non-hydrogen) atoms. The van der Waals surface area contributed by atoms with E-state index in [4.69, 9.17) is 4.74 Å². The van der Waals surface area contributed by atoms with Crippen LogP contribution in [0.4, 0.5) is 4.79 Å². The highest BCUT2D eigenvalue weighted by Gasteiger charge is 2.26. The van der Waals surface area contributed by atoms with Gasteiger partial charge in [0, 0.05) is 16.8 Å². The number of methoxy groups -OCH3 is 1. The Labute approximate surface area is 183 Å². The van der Waals surface area contributed by atoms with Crippen molar-refractivity contribution in [1.82, 2.24) is 20.4 Å². The normalized spacial score (nSPS) is 16.3. The lowest BCUT2D eigenvalue weighted by molar-refractivity contribution is 0.232. The predicted molar refractivity (Wildman–Crippen MR) is 121 cm³/mol. The molecule has 2 N–H and O–H groups in total. The fraction of sp³-hybridized carbons (Fsp3) is 0.360. The number of carbonyl (C=O) groups excluding carboxylic acids is 1. The van der Waals surface area contributed by atoms with Gasteiger partial charge in [-0.3, -0.25) is 4.68 Å². The average molecular weight is 419 g/mol. The Kier molecular flexibility index (Phi) is 6.26. The smallest absolute Gasteiger partial charge is 0.315 e. The van der Waals surface area contributed by atoms with Gasteiger partial charge in [0.15, 0.2) is 0 Å². The van der Waals surface area contributed by atoms with Crippen LogP contribution in [-0.2, 0) is 13.0 Å². The third-order valence-electron chi connectivity index (χ3n) is 5.94. The lowest BCUT2D eigenvalue weighted by Gasteiger charge is -2.26. The number of aryl methyl sites for hydroxylation is 1. The van der Waals surface area contributed by atoms with Gasteiger partial charge >= 0.3 is 6.03 Å². The van der Waals surface area contributed by atoms with E-state index in [-0.39, 0.29) is 18.1 Å². The van der Waals surface area contributed by atoms with Gasteiger partial charge in [-0.15, -0.1) is 0 Å². The molecule has 2 atom stereocenters. The second-order valence-corrected chi connectivity index (χ2v) is 8.22. The van der Waals surface area contributed by atoms with E-state index in [1.165, 1.54) is 11.3 Å². The van der Waals surface area contributed by atoms with Gasteiger partial charge in [-0.25, -0.2) is 4.79 Å². The van der Waals surface area contributed by atoms with E-state index in [0.29, 0.717) is 0 Å². The highest BCUT2D eigenvalue weighted by molar-refractivity contribution is 5.75. The summed E-state index contributed by atoms with van der Waals surface area (Å²) in [7, 11) is 1.65. The van der Waals surface area contributed by atoms with Gasteiger partial charge in [0.25, 0.3) is 0 Å². The topological polar surface area (TPSA) is 68.2 Å². The zero-order chi connectivity index (χ0) is 21.8. The van der Waals surface area contributed by atoms with E-state index in [0.717, 1.165) is 48.2 Å². The van der Waals surface area contributed by atoms with E-state index in [2.05, 4.69) is 38.6 Å². The summed E-state index contributed by atoms with van der Waals surface area (Å²) < 4.78 is 7.53. The standard InChI is InChI=1S/C25H30N4O2/c1-17-12-13-24(31-3)20(14-17)18(2)27-25(30)28-22-10-7-11-23-21(22)15-26-29(23)16-19-8-5-4-6-9-19/h4-6,8-9,12-15,18,22H,7,10-11,16H2,1-3H3,(H2,27,28,30). The van der Waals surface area contributed by atoms with Gasteiger partial charge in [-0.1, -0.05) is 48.0 Å². The number of amides is 2. The van der Waals surface area contributed by atoms with Gasteiger partial charge in [0.2, 0.25) is 0 Å². The number of urea groups is 1. The first kappa shape index (κ1) is 21.0. The summed E-state index contributed by atoms with van der Waals surface area (Å²) >= 11 is 0. The van der Waals surface area contributed by atoms with E-state index in [1.54, 1.807) is 7.11 Å². The minimum absolute atomic E-state index is 0.0279. The second kappa shape index (κ2) is 9.25. The van der Waals surface area contributed by atoms with E-state index < -0.39 is 0 Å². The number of ether oxygens (including phenoxy) is 1. The number of hydrogen-bond acceptors (Lipinski definition) is 3. The molecule has 0 spiro atoms. The Bertz CT molecular complexity index is 1040. The van der Waals surface area contributed by atoms with Crippen molar-refractivity contribution < 1.29 is 9.53 Å². The van der Waals surface area contributed by atoms with Crippen molar-refractivity contribution in [1.29, 1.82) is 0 Å². The Morgan fingerprint density at radius 3 is 2.84 bits per heavy atom. The van der Waals surface area contributed by atoms with E-state index in [9.17, 15) is 4.79 Å². The van der Waals surface area contributed by atoms with Crippen LogP contribution in [0.5, 0.6) is 5.75 Å². The van der Waals surface area contributed by atoms with Crippen LogP contribution in [0.25, 0.3) is 0 Å². The van der Waals surface area contributed by atoms with Crippen molar-refractivity contribution >= 4 is 6.03 Å². The maximum atomic E-state index is 12.8. The Balaban J connectivity index is 1.44. The van der Waals surface area contributed by atoms with Gasteiger partial charge in [-0.05, 0) is 44.7 Å². The monoisotopic (exact) mass is 418 g/mol. The quantitative estimate of drug-likeness (QED) is 0.610. The number of fused-ring (bicyclic) bond motifs is 1. The maximum absolute atomic E-state index is 12.8. The molecule has 0 fully saturated rings. The largest absolute Gasteiger partial charge is 0.496 e. The van der Waals surface area contributed by atoms with Crippen LogP contribution in [0.3, 0.4) is 0 Å². The second-order valence-electron chi connectivity index (χ2n) is 8.22. The van der Waals surface area contributed by atoms with Crippen molar-refractivity contribution in [2.24, 2.45) is 0 Å². The molecule has 0 bridgehead atoms. The fourth-order valence-corrected chi connectivity index (χ4v) is 4.33. The molecule has 2 aromatic carbocycles. The molecule has 1 heterocycles. The van der Waals surface area contributed by atoms with Gasteiger partial charge in [-0.2, -0.15) is 5.10 Å². The molecule has 6 heteroatoms. The number of rotatable bonds is 6. The number of nitrogens with one attached hydrogen (secondary N) is 2. The molecular weight excluding hydrogens is 388 g/mol. The van der Waals surface area contributed by atoms with Crippen molar-refractivity contribution in [3.05, 3.63) is 82.7 Å². The highest BCUT2D eigenvalue weighted by atomic mass is 16.5. The number of hydrogen-bond donors (Lipinski definition) is 2. The molecule has 3 aromatic rings. The summed E-state index contributed by atoms with van der Waals surface area (Å²) in [5.41, 5.74) is 5.67. The van der Waals surface area contributed by atoms with Crippen LogP contribution in [0.2, 0.25) is 0 Å². The highest BCUT2D eigenvalue weighted by Crippen LogP contribution is 2.30. The number of nitrogens with zero attached hydrogens (tertiary/aromatic N) is 2. The number of aromatic nitrogens is 2. The van der Waals surface area contributed by atoms with Crippen LogP contribution in [-0.4, -0.2) is 22.9 Å². The molecule has 0 radical (unpaired) electrons. The van der Waals surface area contributed by atoms with Crippen LogP contribution in [0, 0.1) is 6.92 Å². The lowest BCUT2D eigenvalue weighted by atomic mass is 9.93. The van der Waals surface area contributed by atoms with Gasteiger partial charge in [0.05, 0.1) is 31.9 Å². The van der Waals surface area contributed by atoms with Gasteiger partial charge in [0.1, 0.15) is 5.75 Å². The molecule has 6 nitrogen and oxygen atoms in total. The third kappa shape index (κ3) is 4.74. The van der Waals surface area contributed by atoms with Crippen molar-refractivity contribution in [3.8, 4) is 5.75 Å². The molecule has 2 unspecified atom stereocenters. The Morgan fingerprint density at radius 2 is 2.06 bits per heavy atom. The first-order valence-electron chi connectivity index (χ1n) is 10.8. The number of benzene rings is 2. The molecule has 0 saturated carbocycles. The molecule has 2 amide bonds. The van der Waals surface area contributed by atoms with Crippen LogP contribution in [0.15, 0.2) is 54.7 Å². The number of carbonyl (C=O) groups is 1. The minimum atomic E-state index is -0.176. The Morgan fingerprint density at radius 1 is 1.26 bits per heavy atom. The summed E-state index contributed by atoms with van der Waals surface area (Å²) in [4.78, 5) is 12.8. The molecule has 1 aliphatic rings. The molecule has 0 saturated heterocycles. The van der Waals surface area contributed by atoms with Crippen LogP contribution < -0.4 is 15.4 Å². The third-order valence-corrected chi connectivity index (χ3v) is 5.94. The molecule has 162 valence electrons. The SMILES string of the molecule is COc1ccc(C)cc1C(C)NC(=O)NC1CCCc2c1cnn2Cc1ccccc1. The molecule has 1 aliphatic carbocycles. The molecule has 0 aliphatic heterocycles. The first-order valence-corrected chi connectivity index (χ1v) is 10.8. The van der Waals surface area contributed by atoms with Crippen molar-refractivity contribution in [2.45, 2.75) is 51.7 Å². The summed E-state index contributed by atoms with van der Waals surface area (Å²) in [6.45, 7) is 4.76.